The zero-order valence-corrected chi connectivity index (χ0v) is 19.9. The lowest BCUT2D eigenvalue weighted by Gasteiger charge is -2.21. The highest BCUT2D eigenvalue weighted by Crippen LogP contribution is 2.40. The first-order valence-electron chi connectivity index (χ1n) is 9.88. The van der Waals surface area contributed by atoms with Crippen LogP contribution in [0, 0.1) is 6.92 Å². The first kappa shape index (κ1) is 27.9. The topological polar surface area (TPSA) is 81.3 Å². The van der Waals surface area contributed by atoms with Gasteiger partial charge in [0.1, 0.15) is 11.7 Å². The van der Waals surface area contributed by atoms with Crippen molar-refractivity contribution in [1.29, 1.82) is 0 Å². The van der Waals surface area contributed by atoms with Crippen LogP contribution in [0.15, 0.2) is 36.4 Å². The molecule has 2 aromatic carbocycles. The lowest BCUT2D eigenvalue weighted by Crippen LogP contribution is -2.38. The third-order valence-electron chi connectivity index (χ3n) is 4.81. The van der Waals surface area contributed by atoms with Gasteiger partial charge in [-0.05, 0) is 43.2 Å². The maximum absolute atomic E-state index is 13.0. The highest BCUT2D eigenvalue weighted by molar-refractivity contribution is 7.90. The van der Waals surface area contributed by atoms with Crippen LogP contribution in [0.1, 0.15) is 44.7 Å². The average Bonchev–Trinajstić information content (AvgIpc) is 2.67. The predicted molar refractivity (Wildman–Crippen MR) is 121 cm³/mol. The van der Waals surface area contributed by atoms with Crippen LogP contribution in [-0.4, -0.2) is 47.0 Å². The normalized spacial score (nSPS) is 14.4. The van der Waals surface area contributed by atoms with Crippen molar-refractivity contribution in [3.05, 3.63) is 63.7 Å². The predicted octanol–water partition coefficient (Wildman–Crippen LogP) is 5.31. The Hall–Kier alpha value is -2.37. The zero-order valence-electron chi connectivity index (χ0n) is 18.3. The zero-order chi connectivity index (χ0) is 25.8. The molecule has 12 heteroatoms. The van der Waals surface area contributed by atoms with Crippen molar-refractivity contribution in [3.63, 3.8) is 0 Å². The van der Waals surface area contributed by atoms with E-state index >= 15 is 0 Å². The molecule has 2 N–H and O–H groups in total. The number of halogens is 6. The number of carbonyl (C=O) groups excluding carboxylic acids is 2. The molecule has 0 heterocycles. The SMILES string of the molecule is Cc1cc(C(C(F)F)C(F)(F)F)ccc1NC(=O)c1cccc(Cl)c1C(=O)N[C@@H](C)C[S+](C)[O-]. The van der Waals surface area contributed by atoms with Gasteiger partial charge in [0.25, 0.3) is 18.2 Å². The molecule has 2 rings (SSSR count). The molecular weight excluding hydrogens is 503 g/mol. The van der Waals surface area contributed by atoms with Crippen molar-refractivity contribution >= 4 is 40.3 Å². The third-order valence-corrected chi connectivity index (χ3v) is 6.09. The maximum atomic E-state index is 13.0. The average molecular weight is 525 g/mol. The van der Waals surface area contributed by atoms with Crippen LogP contribution in [0.5, 0.6) is 0 Å². The number of alkyl halides is 5. The minimum atomic E-state index is -5.14. The van der Waals surface area contributed by atoms with Crippen molar-refractivity contribution in [3.8, 4) is 0 Å². The second kappa shape index (κ2) is 11.4. The first-order chi connectivity index (χ1) is 15.7. The Morgan fingerprint density at radius 2 is 1.79 bits per heavy atom. The number of hydrogen-bond acceptors (Lipinski definition) is 3. The molecule has 2 aromatic rings. The quantitative estimate of drug-likeness (QED) is 0.363. The van der Waals surface area contributed by atoms with Crippen LogP contribution in [0.4, 0.5) is 27.6 Å². The summed E-state index contributed by atoms with van der Waals surface area (Å²) >= 11 is 4.97. The number of nitrogens with one attached hydrogen (secondary N) is 2. The Balaban J connectivity index is 2.31. The monoisotopic (exact) mass is 524 g/mol. The number of carbonyl (C=O) groups is 2. The van der Waals surface area contributed by atoms with Gasteiger partial charge in [-0.3, -0.25) is 9.59 Å². The Labute approximate surface area is 201 Å². The van der Waals surface area contributed by atoms with E-state index in [1.54, 1.807) is 6.92 Å². The van der Waals surface area contributed by atoms with Crippen molar-refractivity contribution < 1.29 is 36.1 Å². The molecule has 0 spiro atoms. The second-order valence-corrected chi connectivity index (χ2v) is 9.55. The van der Waals surface area contributed by atoms with E-state index in [1.165, 1.54) is 31.4 Å². The van der Waals surface area contributed by atoms with Gasteiger partial charge in [-0.1, -0.05) is 41.0 Å². The van der Waals surface area contributed by atoms with Crippen LogP contribution in [0.2, 0.25) is 5.02 Å². The minimum Gasteiger partial charge on any atom is -0.616 e. The van der Waals surface area contributed by atoms with Gasteiger partial charge in [0.15, 0.2) is 0 Å². The van der Waals surface area contributed by atoms with E-state index in [2.05, 4.69) is 10.6 Å². The van der Waals surface area contributed by atoms with Gasteiger partial charge in [0.2, 0.25) is 0 Å². The summed E-state index contributed by atoms with van der Waals surface area (Å²) in [5.74, 6) is -4.23. The highest BCUT2D eigenvalue weighted by atomic mass is 35.5. The fraction of sp³-hybridized carbons (Fsp3) is 0.364. The van der Waals surface area contributed by atoms with E-state index in [0.29, 0.717) is 0 Å². The molecule has 0 saturated carbocycles. The lowest BCUT2D eigenvalue weighted by atomic mass is 9.96. The maximum Gasteiger partial charge on any atom is 0.401 e. The molecule has 0 aliphatic rings. The number of rotatable bonds is 8. The number of benzene rings is 2. The largest absolute Gasteiger partial charge is 0.616 e. The van der Waals surface area contributed by atoms with Gasteiger partial charge < -0.3 is 15.2 Å². The van der Waals surface area contributed by atoms with Gasteiger partial charge in [0, 0.05) is 5.69 Å². The first-order valence-corrected chi connectivity index (χ1v) is 12.0. The molecule has 5 nitrogen and oxygen atoms in total. The number of aryl methyl sites for hydroxylation is 1. The van der Waals surface area contributed by atoms with E-state index in [4.69, 9.17) is 11.6 Å². The highest BCUT2D eigenvalue weighted by Gasteiger charge is 2.47. The Kier molecular flexibility index (Phi) is 9.32. The standard InChI is InChI=1S/C22H22ClF5N2O3S/c1-11-9-13(18(19(24)25)22(26,27)28)7-8-16(11)30-20(31)14-5-4-6-15(23)17(14)21(32)29-12(2)10-34(3)33/h4-9,12,18-19H,10H2,1-3H3,(H,29,32)(H,30,31)/t12-,18?,34?/m0/s1. The van der Waals surface area contributed by atoms with Crippen LogP contribution < -0.4 is 10.6 Å². The minimum absolute atomic E-state index is 0.0213. The molecule has 0 aliphatic carbocycles. The Morgan fingerprint density at radius 1 is 1.15 bits per heavy atom. The summed E-state index contributed by atoms with van der Waals surface area (Å²) in [5.41, 5.74) is -0.695. The molecule has 186 valence electrons. The van der Waals surface area contributed by atoms with Crippen molar-refractivity contribution in [2.45, 2.75) is 38.4 Å². The molecule has 2 amide bonds. The molecule has 0 saturated heterocycles. The summed E-state index contributed by atoms with van der Waals surface area (Å²) in [5, 5.41) is 5.06. The van der Waals surface area contributed by atoms with E-state index in [1.807, 2.05) is 0 Å². The summed E-state index contributed by atoms with van der Waals surface area (Å²) in [4.78, 5) is 25.6. The van der Waals surface area contributed by atoms with Crippen LogP contribution in [0.3, 0.4) is 0 Å². The van der Waals surface area contributed by atoms with Crippen LogP contribution in [-0.2, 0) is 11.2 Å². The lowest BCUT2D eigenvalue weighted by molar-refractivity contribution is -0.178. The van der Waals surface area contributed by atoms with Crippen molar-refractivity contribution in [1.82, 2.24) is 5.32 Å². The smallest absolute Gasteiger partial charge is 0.401 e. The van der Waals surface area contributed by atoms with Gasteiger partial charge >= 0.3 is 6.18 Å². The van der Waals surface area contributed by atoms with Crippen LogP contribution >= 0.6 is 11.6 Å². The molecule has 3 atom stereocenters. The van der Waals surface area contributed by atoms with Crippen molar-refractivity contribution in [2.75, 3.05) is 17.3 Å². The van der Waals surface area contributed by atoms with Crippen LogP contribution in [0.25, 0.3) is 0 Å². The van der Waals surface area contributed by atoms with Gasteiger partial charge in [0.05, 0.1) is 28.4 Å². The number of anilines is 1. The summed E-state index contributed by atoms with van der Waals surface area (Å²) in [6.45, 7) is 2.99. The van der Waals surface area contributed by atoms with Crippen molar-refractivity contribution in [2.24, 2.45) is 0 Å². The fourth-order valence-electron chi connectivity index (χ4n) is 3.32. The second-order valence-electron chi connectivity index (χ2n) is 7.66. The van der Waals surface area contributed by atoms with Gasteiger partial charge in [-0.2, -0.15) is 13.2 Å². The van der Waals surface area contributed by atoms with Gasteiger partial charge in [-0.15, -0.1) is 0 Å². The molecule has 2 unspecified atom stereocenters. The summed E-state index contributed by atoms with van der Waals surface area (Å²) in [6, 6.07) is 6.58. The Morgan fingerprint density at radius 3 is 2.32 bits per heavy atom. The van der Waals surface area contributed by atoms with E-state index in [9.17, 15) is 36.1 Å². The Bertz CT molecular complexity index is 1050. The third kappa shape index (κ3) is 7.07. The molecular formula is C22H22ClF5N2O3S. The summed E-state index contributed by atoms with van der Waals surface area (Å²) in [7, 11) is 0. The van der Waals surface area contributed by atoms with E-state index < -0.39 is 53.1 Å². The fourth-order valence-corrected chi connectivity index (χ4v) is 4.37. The summed E-state index contributed by atoms with van der Waals surface area (Å²) in [6.07, 6.45) is -7.32. The van der Waals surface area contributed by atoms with Gasteiger partial charge in [-0.25, -0.2) is 8.78 Å². The number of hydrogen-bond donors (Lipinski definition) is 2. The molecule has 0 radical (unpaired) electrons. The molecule has 0 aromatic heterocycles. The molecule has 0 fully saturated rings. The summed E-state index contributed by atoms with van der Waals surface area (Å²) < 4.78 is 76.4. The van der Waals surface area contributed by atoms with E-state index in [-0.39, 0.29) is 33.2 Å². The van der Waals surface area contributed by atoms with E-state index in [0.717, 1.165) is 18.2 Å². The molecule has 34 heavy (non-hydrogen) atoms. The number of amides is 2. The molecule has 0 aliphatic heterocycles. The molecule has 0 bridgehead atoms.